The summed E-state index contributed by atoms with van der Waals surface area (Å²) in [6.45, 7) is 1.37. The minimum absolute atomic E-state index is 0.0821. The van der Waals surface area contributed by atoms with Gasteiger partial charge >= 0.3 is 0 Å². The molecule has 1 fully saturated rings. The number of carbonyl (C=O) groups is 2. The minimum atomic E-state index is -0.192. The maximum Gasteiger partial charge on any atom is 0.253 e. The number of unbranched alkanes of at least 4 members (excludes halogenated alkanes) is 3. The standard InChI is InChI=1S/C18H26ClN3O2/c19-14-8-9-16(22-17(23)5-3-1-2-4-10-20)15(11-14)18(24)21-12-13-6-7-13/h8-9,11,13H,1-7,10,12,20H2,(H,21,24)(H,22,23). The molecule has 1 aliphatic rings. The van der Waals surface area contributed by atoms with Crippen LogP contribution in [0, 0.1) is 5.92 Å². The zero-order valence-corrected chi connectivity index (χ0v) is 14.7. The van der Waals surface area contributed by atoms with Crippen LogP contribution in [0.3, 0.4) is 0 Å². The van der Waals surface area contributed by atoms with E-state index >= 15 is 0 Å². The molecule has 4 N–H and O–H groups in total. The summed E-state index contributed by atoms with van der Waals surface area (Å²) in [6, 6.07) is 4.96. The number of amides is 2. The number of nitrogens with two attached hydrogens (primary N) is 1. The van der Waals surface area contributed by atoms with Crippen LogP contribution in [0.2, 0.25) is 5.02 Å². The molecule has 0 radical (unpaired) electrons. The predicted octanol–water partition coefficient (Wildman–Crippen LogP) is 3.33. The van der Waals surface area contributed by atoms with E-state index in [1.165, 1.54) is 12.8 Å². The van der Waals surface area contributed by atoms with Gasteiger partial charge in [-0.2, -0.15) is 0 Å². The monoisotopic (exact) mass is 351 g/mol. The Morgan fingerprint density at radius 2 is 1.92 bits per heavy atom. The topological polar surface area (TPSA) is 84.2 Å². The smallest absolute Gasteiger partial charge is 0.253 e. The van der Waals surface area contributed by atoms with Gasteiger partial charge in [0.05, 0.1) is 11.3 Å². The quantitative estimate of drug-likeness (QED) is 0.565. The van der Waals surface area contributed by atoms with E-state index in [4.69, 9.17) is 17.3 Å². The lowest BCUT2D eigenvalue weighted by Crippen LogP contribution is -2.27. The van der Waals surface area contributed by atoms with Crippen molar-refractivity contribution in [2.24, 2.45) is 11.7 Å². The van der Waals surface area contributed by atoms with Gasteiger partial charge in [-0.15, -0.1) is 0 Å². The van der Waals surface area contributed by atoms with Crippen LogP contribution < -0.4 is 16.4 Å². The molecular weight excluding hydrogens is 326 g/mol. The lowest BCUT2D eigenvalue weighted by atomic mass is 10.1. The Morgan fingerprint density at radius 3 is 2.62 bits per heavy atom. The fourth-order valence-electron chi connectivity index (χ4n) is 2.46. The van der Waals surface area contributed by atoms with E-state index in [-0.39, 0.29) is 11.8 Å². The van der Waals surface area contributed by atoms with E-state index < -0.39 is 0 Å². The van der Waals surface area contributed by atoms with Gasteiger partial charge in [0.25, 0.3) is 5.91 Å². The Kier molecular flexibility index (Phi) is 7.53. The van der Waals surface area contributed by atoms with Crippen LogP contribution in [-0.4, -0.2) is 24.9 Å². The second-order valence-corrected chi connectivity index (χ2v) is 6.78. The molecule has 0 atom stereocenters. The second-order valence-electron chi connectivity index (χ2n) is 6.34. The largest absolute Gasteiger partial charge is 0.352 e. The minimum Gasteiger partial charge on any atom is -0.352 e. The fourth-order valence-corrected chi connectivity index (χ4v) is 2.64. The van der Waals surface area contributed by atoms with E-state index in [1.807, 2.05) is 0 Å². The highest BCUT2D eigenvalue weighted by Gasteiger charge is 2.22. The molecule has 1 aromatic carbocycles. The first-order valence-electron chi connectivity index (χ1n) is 8.68. The van der Waals surface area contributed by atoms with Crippen molar-refractivity contribution in [2.45, 2.75) is 44.9 Å². The summed E-state index contributed by atoms with van der Waals surface area (Å²) in [4.78, 5) is 24.4. The van der Waals surface area contributed by atoms with E-state index in [1.54, 1.807) is 18.2 Å². The lowest BCUT2D eigenvalue weighted by Gasteiger charge is -2.12. The van der Waals surface area contributed by atoms with Gasteiger partial charge in [0.15, 0.2) is 0 Å². The molecule has 0 spiro atoms. The van der Waals surface area contributed by atoms with Crippen molar-refractivity contribution in [3.8, 4) is 0 Å². The number of rotatable bonds is 10. The zero-order chi connectivity index (χ0) is 17.4. The number of nitrogens with one attached hydrogen (secondary N) is 2. The maximum atomic E-state index is 12.3. The van der Waals surface area contributed by atoms with Gasteiger partial charge in [0.1, 0.15) is 0 Å². The summed E-state index contributed by atoms with van der Waals surface area (Å²) in [5, 5.41) is 6.22. The predicted molar refractivity (Wildman–Crippen MR) is 97.3 cm³/mol. The molecule has 0 aromatic heterocycles. The highest BCUT2D eigenvalue weighted by molar-refractivity contribution is 6.31. The van der Waals surface area contributed by atoms with Crippen molar-refractivity contribution >= 4 is 29.1 Å². The number of benzene rings is 1. The first-order chi connectivity index (χ1) is 11.6. The Hall–Kier alpha value is -1.59. The van der Waals surface area contributed by atoms with Crippen LogP contribution in [0.5, 0.6) is 0 Å². The van der Waals surface area contributed by atoms with E-state index in [2.05, 4.69) is 10.6 Å². The highest BCUT2D eigenvalue weighted by atomic mass is 35.5. The molecule has 2 rings (SSSR count). The average Bonchev–Trinajstić information content (AvgIpc) is 3.38. The Labute approximate surface area is 148 Å². The Bertz CT molecular complexity index is 573. The van der Waals surface area contributed by atoms with E-state index in [0.717, 1.165) is 25.7 Å². The summed E-state index contributed by atoms with van der Waals surface area (Å²) >= 11 is 6.00. The Morgan fingerprint density at radius 1 is 1.17 bits per heavy atom. The van der Waals surface area contributed by atoms with Crippen LogP contribution in [0.25, 0.3) is 0 Å². The van der Waals surface area contributed by atoms with Gasteiger partial charge in [-0.25, -0.2) is 0 Å². The van der Waals surface area contributed by atoms with E-state index in [9.17, 15) is 9.59 Å². The van der Waals surface area contributed by atoms with Gasteiger partial charge in [-0.1, -0.05) is 24.4 Å². The molecule has 1 aliphatic carbocycles. The molecule has 6 heteroatoms. The van der Waals surface area contributed by atoms with Crippen molar-refractivity contribution in [3.05, 3.63) is 28.8 Å². The highest BCUT2D eigenvalue weighted by Crippen LogP contribution is 2.28. The van der Waals surface area contributed by atoms with Crippen molar-refractivity contribution in [1.82, 2.24) is 5.32 Å². The van der Waals surface area contributed by atoms with Gasteiger partial charge in [0.2, 0.25) is 5.91 Å². The van der Waals surface area contributed by atoms with Crippen LogP contribution >= 0.6 is 11.6 Å². The van der Waals surface area contributed by atoms with Gasteiger partial charge < -0.3 is 16.4 Å². The van der Waals surface area contributed by atoms with Gasteiger partial charge in [0, 0.05) is 18.0 Å². The number of carbonyl (C=O) groups excluding carboxylic acids is 2. The molecule has 0 aliphatic heterocycles. The molecule has 0 heterocycles. The summed E-state index contributed by atoms with van der Waals surface area (Å²) in [5.41, 5.74) is 6.38. The number of halogens is 1. The molecule has 2 amide bonds. The molecule has 0 bridgehead atoms. The molecule has 0 saturated heterocycles. The normalized spacial score (nSPS) is 13.6. The van der Waals surface area contributed by atoms with Crippen molar-refractivity contribution in [2.75, 3.05) is 18.4 Å². The van der Waals surface area contributed by atoms with Crippen LogP contribution in [-0.2, 0) is 4.79 Å². The Balaban J connectivity index is 1.88. The second kappa shape index (κ2) is 9.64. The molecule has 0 unspecified atom stereocenters. The van der Waals surface area contributed by atoms with Crippen molar-refractivity contribution < 1.29 is 9.59 Å². The molecule has 24 heavy (non-hydrogen) atoms. The van der Waals surface area contributed by atoms with Gasteiger partial charge in [-0.3, -0.25) is 9.59 Å². The molecule has 1 saturated carbocycles. The van der Waals surface area contributed by atoms with Crippen LogP contribution in [0.15, 0.2) is 18.2 Å². The first-order valence-corrected chi connectivity index (χ1v) is 9.05. The zero-order valence-electron chi connectivity index (χ0n) is 13.9. The fraction of sp³-hybridized carbons (Fsp3) is 0.556. The van der Waals surface area contributed by atoms with Crippen molar-refractivity contribution in [3.63, 3.8) is 0 Å². The molecule has 1 aromatic rings. The lowest BCUT2D eigenvalue weighted by molar-refractivity contribution is -0.116. The average molecular weight is 352 g/mol. The summed E-state index contributed by atoms with van der Waals surface area (Å²) in [6.07, 6.45) is 6.62. The van der Waals surface area contributed by atoms with E-state index in [0.29, 0.717) is 41.7 Å². The third-order valence-corrected chi connectivity index (χ3v) is 4.34. The SMILES string of the molecule is NCCCCCCC(=O)Nc1ccc(Cl)cc1C(=O)NCC1CC1. The van der Waals surface area contributed by atoms with Gasteiger partial charge in [-0.05, 0) is 56.3 Å². The summed E-state index contributed by atoms with van der Waals surface area (Å²) in [7, 11) is 0. The number of anilines is 1. The van der Waals surface area contributed by atoms with Crippen molar-refractivity contribution in [1.29, 1.82) is 0 Å². The molecular formula is C18H26ClN3O2. The van der Waals surface area contributed by atoms with Crippen LogP contribution in [0.4, 0.5) is 5.69 Å². The summed E-state index contributed by atoms with van der Waals surface area (Å²) in [5.74, 6) is 0.323. The molecule has 132 valence electrons. The molecule has 5 nitrogen and oxygen atoms in total. The number of hydrogen-bond donors (Lipinski definition) is 3. The van der Waals surface area contributed by atoms with Crippen LogP contribution in [0.1, 0.15) is 55.3 Å². The third kappa shape index (κ3) is 6.49. The maximum absolute atomic E-state index is 12.3. The summed E-state index contributed by atoms with van der Waals surface area (Å²) < 4.78 is 0. The third-order valence-electron chi connectivity index (χ3n) is 4.11. The number of hydrogen-bond acceptors (Lipinski definition) is 3. The first kappa shape index (κ1) is 18.7.